The maximum Gasteiger partial charge on any atom is 0.252 e. The van der Waals surface area contributed by atoms with Crippen molar-refractivity contribution in [1.82, 2.24) is 4.31 Å². The Bertz CT molecular complexity index is 872. The summed E-state index contributed by atoms with van der Waals surface area (Å²) in [5, 5.41) is 5.06. The summed E-state index contributed by atoms with van der Waals surface area (Å²) in [4.78, 5) is 12.5. The van der Waals surface area contributed by atoms with Gasteiger partial charge in [0.2, 0.25) is 5.91 Å². The van der Waals surface area contributed by atoms with Crippen molar-refractivity contribution in [2.24, 2.45) is 5.92 Å². The first-order chi connectivity index (χ1) is 11.9. The zero-order chi connectivity index (χ0) is 18.0. The third-order valence-corrected chi connectivity index (χ3v) is 8.50. The van der Waals surface area contributed by atoms with Crippen LogP contribution in [0.15, 0.2) is 44.4 Å². The Labute approximate surface area is 164 Å². The minimum absolute atomic E-state index is 0.190. The number of sulfonamides is 1. The highest BCUT2D eigenvalue weighted by Gasteiger charge is 2.33. The predicted molar refractivity (Wildman–Crippen MR) is 104 cm³/mol. The number of benzene rings is 1. The number of rotatable bonds is 4. The van der Waals surface area contributed by atoms with Gasteiger partial charge in [0, 0.05) is 23.2 Å². The molecule has 3 rings (SSSR count). The highest BCUT2D eigenvalue weighted by Crippen LogP contribution is 2.28. The molecule has 0 spiro atoms. The fraction of sp³-hybridized carbons (Fsp3) is 0.312. The van der Waals surface area contributed by atoms with Crippen LogP contribution in [-0.2, 0) is 14.8 Å². The topological polar surface area (TPSA) is 66.5 Å². The molecule has 1 N–H and O–H groups in total. The molecule has 9 heteroatoms. The van der Waals surface area contributed by atoms with E-state index in [0.717, 1.165) is 4.47 Å². The van der Waals surface area contributed by atoms with Crippen LogP contribution in [0, 0.1) is 5.92 Å². The summed E-state index contributed by atoms with van der Waals surface area (Å²) in [7, 11) is -3.53. The fourth-order valence-corrected chi connectivity index (χ4v) is 5.83. The molecule has 5 nitrogen and oxygen atoms in total. The van der Waals surface area contributed by atoms with Crippen LogP contribution in [0.1, 0.15) is 12.8 Å². The number of amides is 1. The van der Waals surface area contributed by atoms with E-state index in [1.54, 1.807) is 35.7 Å². The Morgan fingerprint density at radius 2 is 2.16 bits per heavy atom. The first kappa shape index (κ1) is 18.8. The van der Waals surface area contributed by atoms with Gasteiger partial charge in [0.1, 0.15) is 4.21 Å². The van der Waals surface area contributed by atoms with E-state index < -0.39 is 10.0 Å². The van der Waals surface area contributed by atoms with Crippen LogP contribution >= 0.6 is 38.9 Å². The average molecular weight is 464 g/mol. The maximum absolute atomic E-state index is 12.6. The SMILES string of the molecule is O=C(Nc1ccc(Br)c(Cl)c1)[C@H]1CCCN(S(=O)(=O)c2cccs2)C1. The number of thiophene rings is 1. The molecule has 1 saturated heterocycles. The van der Waals surface area contributed by atoms with Crippen molar-refractivity contribution in [2.75, 3.05) is 18.4 Å². The summed E-state index contributed by atoms with van der Waals surface area (Å²) in [5.41, 5.74) is 0.594. The number of piperidine rings is 1. The molecular weight excluding hydrogens is 448 g/mol. The Hall–Kier alpha value is -0.930. The summed E-state index contributed by atoms with van der Waals surface area (Å²) in [6.07, 6.45) is 1.32. The minimum Gasteiger partial charge on any atom is -0.326 e. The molecule has 0 bridgehead atoms. The molecule has 1 aromatic carbocycles. The number of nitrogens with zero attached hydrogens (tertiary/aromatic N) is 1. The van der Waals surface area contributed by atoms with Gasteiger partial charge in [-0.2, -0.15) is 4.31 Å². The van der Waals surface area contributed by atoms with Crippen molar-refractivity contribution in [3.63, 3.8) is 0 Å². The molecule has 1 amide bonds. The number of carbonyl (C=O) groups excluding carboxylic acids is 1. The second kappa shape index (κ2) is 7.75. The summed E-state index contributed by atoms with van der Waals surface area (Å²) in [5.74, 6) is -0.574. The van der Waals surface area contributed by atoms with Gasteiger partial charge in [0.25, 0.3) is 10.0 Å². The van der Waals surface area contributed by atoms with Gasteiger partial charge in [-0.3, -0.25) is 4.79 Å². The number of hydrogen-bond acceptors (Lipinski definition) is 4. The first-order valence-corrected chi connectivity index (χ1v) is 11.2. The molecule has 0 saturated carbocycles. The molecule has 2 heterocycles. The molecule has 2 aromatic rings. The van der Waals surface area contributed by atoms with Crippen LogP contribution in [0.25, 0.3) is 0 Å². The zero-order valence-electron chi connectivity index (χ0n) is 13.1. The molecule has 134 valence electrons. The van der Waals surface area contributed by atoms with Crippen LogP contribution in [0.4, 0.5) is 5.69 Å². The van der Waals surface area contributed by atoms with Gasteiger partial charge < -0.3 is 5.32 Å². The van der Waals surface area contributed by atoms with E-state index in [1.165, 1.54) is 15.6 Å². The molecule has 1 fully saturated rings. The van der Waals surface area contributed by atoms with Gasteiger partial charge in [0.15, 0.2) is 0 Å². The standard InChI is InChI=1S/C16H16BrClN2O3S2/c17-13-6-5-12(9-14(13)18)19-16(21)11-3-1-7-20(10-11)25(22,23)15-4-2-8-24-15/h2,4-6,8-9,11H,1,3,7,10H2,(H,19,21)/t11-/m0/s1. The Morgan fingerprint density at radius 1 is 1.36 bits per heavy atom. The molecule has 25 heavy (non-hydrogen) atoms. The Morgan fingerprint density at radius 3 is 2.84 bits per heavy atom. The lowest BCUT2D eigenvalue weighted by atomic mass is 9.99. The number of nitrogens with one attached hydrogen (secondary N) is 1. The first-order valence-electron chi connectivity index (χ1n) is 7.67. The van der Waals surface area contributed by atoms with Gasteiger partial charge >= 0.3 is 0 Å². The predicted octanol–water partition coefficient (Wildman–Crippen LogP) is 4.20. The third-order valence-electron chi connectivity index (χ3n) is 4.03. The van der Waals surface area contributed by atoms with Crippen LogP contribution in [-0.4, -0.2) is 31.7 Å². The van der Waals surface area contributed by atoms with Crippen molar-refractivity contribution in [2.45, 2.75) is 17.1 Å². The highest BCUT2D eigenvalue weighted by molar-refractivity contribution is 9.10. The second-order valence-electron chi connectivity index (χ2n) is 5.75. The number of halogens is 2. The quantitative estimate of drug-likeness (QED) is 0.739. The Balaban J connectivity index is 1.70. The minimum atomic E-state index is -3.53. The van der Waals surface area contributed by atoms with Gasteiger partial charge in [-0.1, -0.05) is 17.7 Å². The molecule has 0 aliphatic carbocycles. The van der Waals surface area contributed by atoms with Crippen LogP contribution in [0.2, 0.25) is 5.02 Å². The largest absolute Gasteiger partial charge is 0.326 e. The molecular formula is C16H16BrClN2O3S2. The Kier molecular flexibility index (Phi) is 5.85. The molecule has 1 aromatic heterocycles. The van der Waals surface area contributed by atoms with Crippen molar-refractivity contribution < 1.29 is 13.2 Å². The van der Waals surface area contributed by atoms with Crippen LogP contribution in [0.5, 0.6) is 0 Å². The number of anilines is 1. The molecule has 1 aliphatic rings. The monoisotopic (exact) mass is 462 g/mol. The number of hydrogen-bond donors (Lipinski definition) is 1. The van der Waals surface area contributed by atoms with E-state index in [0.29, 0.717) is 34.3 Å². The van der Waals surface area contributed by atoms with Gasteiger partial charge in [-0.05, 0) is 58.4 Å². The maximum atomic E-state index is 12.6. The van der Waals surface area contributed by atoms with E-state index >= 15 is 0 Å². The highest BCUT2D eigenvalue weighted by atomic mass is 79.9. The lowest BCUT2D eigenvalue weighted by Gasteiger charge is -2.30. The van der Waals surface area contributed by atoms with Gasteiger partial charge in [-0.25, -0.2) is 8.42 Å². The molecule has 0 radical (unpaired) electrons. The van der Waals surface area contributed by atoms with E-state index in [4.69, 9.17) is 11.6 Å². The van der Waals surface area contributed by atoms with Crippen LogP contribution in [0.3, 0.4) is 0 Å². The molecule has 1 atom stereocenters. The lowest BCUT2D eigenvalue weighted by molar-refractivity contribution is -0.120. The van der Waals surface area contributed by atoms with E-state index in [1.807, 2.05) is 0 Å². The van der Waals surface area contributed by atoms with Crippen molar-refractivity contribution in [1.29, 1.82) is 0 Å². The lowest BCUT2D eigenvalue weighted by Crippen LogP contribution is -2.43. The summed E-state index contributed by atoms with van der Waals surface area (Å²) in [6, 6.07) is 8.46. The van der Waals surface area contributed by atoms with Gasteiger partial charge in [0.05, 0.1) is 10.9 Å². The van der Waals surface area contributed by atoms with E-state index in [9.17, 15) is 13.2 Å². The second-order valence-corrected chi connectivity index (χ2v) is 10.1. The zero-order valence-corrected chi connectivity index (χ0v) is 17.1. The van der Waals surface area contributed by atoms with Crippen molar-refractivity contribution >= 4 is 60.5 Å². The normalized spacial score (nSPS) is 18.9. The van der Waals surface area contributed by atoms with E-state index in [-0.39, 0.29) is 18.4 Å². The van der Waals surface area contributed by atoms with E-state index in [2.05, 4.69) is 21.2 Å². The summed E-state index contributed by atoms with van der Waals surface area (Å²) in [6.45, 7) is 0.629. The third kappa shape index (κ3) is 4.25. The van der Waals surface area contributed by atoms with Gasteiger partial charge in [-0.15, -0.1) is 11.3 Å². The fourth-order valence-electron chi connectivity index (χ4n) is 2.73. The molecule has 1 aliphatic heterocycles. The van der Waals surface area contributed by atoms with Crippen molar-refractivity contribution in [3.05, 3.63) is 45.2 Å². The smallest absolute Gasteiger partial charge is 0.252 e. The van der Waals surface area contributed by atoms with Crippen molar-refractivity contribution in [3.8, 4) is 0 Å². The number of carbonyl (C=O) groups is 1. The van der Waals surface area contributed by atoms with Crippen LogP contribution < -0.4 is 5.32 Å². The molecule has 0 unspecified atom stereocenters. The average Bonchev–Trinajstić information content (AvgIpc) is 3.14. The summed E-state index contributed by atoms with van der Waals surface area (Å²) < 4.78 is 27.7. The summed E-state index contributed by atoms with van der Waals surface area (Å²) >= 11 is 10.5.